The maximum atomic E-state index is 13.1. The number of carbonyl (C=O) groups excluding carboxylic acids is 2. The maximum absolute atomic E-state index is 13.1. The monoisotopic (exact) mass is 453 g/mol. The molecule has 0 aromatic heterocycles. The summed E-state index contributed by atoms with van der Waals surface area (Å²) in [7, 11) is 0. The van der Waals surface area contributed by atoms with E-state index < -0.39 is 17.0 Å². The van der Waals surface area contributed by atoms with Gasteiger partial charge in [0.25, 0.3) is 5.69 Å². The van der Waals surface area contributed by atoms with Crippen molar-refractivity contribution in [2.45, 2.75) is 13.0 Å². The van der Waals surface area contributed by atoms with Crippen LogP contribution in [-0.2, 0) is 4.74 Å². The number of ether oxygens (including phenoxy) is 1. The van der Waals surface area contributed by atoms with Gasteiger partial charge >= 0.3 is 5.97 Å². The van der Waals surface area contributed by atoms with Crippen LogP contribution in [-0.4, -0.2) is 16.7 Å². The zero-order valence-corrected chi connectivity index (χ0v) is 17.0. The van der Waals surface area contributed by atoms with Crippen LogP contribution < -0.4 is 0 Å². The van der Waals surface area contributed by atoms with E-state index in [1.807, 2.05) is 6.92 Å². The fourth-order valence-corrected chi connectivity index (χ4v) is 3.12. The van der Waals surface area contributed by atoms with Crippen molar-refractivity contribution in [3.63, 3.8) is 0 Å². The Bertz CT molecular complexity index is 1060. The second-order valence-electron chi connectivity index (χ2n) is 6.35. The molecule has 3 rings (SSSR count). The Morgan fingerprint density at radius 2 is 1.59 bits per heavy atom. The molecule has 0 radical (unpaired) electrons. The van der Waals surface area contributed by atoms with Crippen molar-refractivity contribution in [2.24, 2.45) is 0 Å². The lowest BCUT2D eigenvalue weighted by Gasteiger charge is -2.17. The second kappa shape index (κ2) is 8.79. The molecule has 0 bridgehead atoms. The van der Waals surface area contributed by atoms with E-state index in [0.29, 0.717) is 11.1 Å². The molecule has 0 aliphatic carbocycles. The highest BCUT2D eigenvalue weighted by Gasteiger charge is 2.27. The van der Waals surface area contributed by atoms with Crippen LogP contribution in [0, 0.1) is 17.0 Å². The van der Waals surface area contributed by atoms with Gasteiger partial charge in [0, 0.05) is 17.2 Å². The summed E-state index contributed by atoms with van der Waals surface area (Å²) in [6.07, 6.45) is -1.17. The quantitative estimate of drug-likeness (QED) is 0.214. The number of nitro benzene ring substituents is 1. The van der Waals surface area contributed by atoms with Crippen LogP contribution in [0.4, 0.5) is 5.69 Å². The van der Waals surface area contributed by atoms with E-state index in [9.17, 15) is 19.7 Å². The van der Waals surface area contributed by atoms with Crippen molar-refractivity contribution in [3.8, 4) is 0 Å². The fraction of sp³-hybridized carbons (Fsp3) is 0.0909. The maximum Gasteiger partial charge on any atom is 0.339 e. The van der Waals surface area contributed by atoms with Crippen LogP contribution in [0.15, 0.2) is 77.3 Å². The van der Waals surface area contributed by atoms with Gasteiger partial charge in [-0.1, -0.05) is 60.2 Å². The number of Topliss-reactive ketones (excluding diaryl/α,β-unsaturated/α-hetero) is 1. The number of rotatable bonds is 6. The third-order valence-electron chi connectivity index (χ3n) is 4.28. The van der Waals surface area contributed by atoms with Crippen molar-refractivity contribution in [3.05, 3.63) is 110 Å². The van der Waals surface area contributed by atoms with Gasteiger partial charge in [-0.25, -0.2) is 4.79 Å². The molecule has 0 aliphatic rings. The largest absolute Gasteiger partial charge is 0.445 e. The molecule has 0 spiro atoms. The number of ketones is 1. The number of carbonyl (C=O) groups is 2. The van der Waals surface area contributed by atoms with Crippen molar-refractivity contribution in [1.82, 2.24) is 0 Å². The van der Waals surface area contributed by atoms with E-state index in [4.69, 9.17) is 4.74 Å². The molecule has 0 fully saturated rings. The molecule has 6 nitrogen and oxygen atoms in total. The molecular weight excluding hydrogens is 438 g/mol. The summed E-state index contributed by atoms with van der Waals surface area (Å²) < 4.78 is 5.76. The van der Waals surface area contributed by atoms with Crippen LogP contribution in [0.1, 0.15) is 37.9 Å². The lowest BCUT2D eigenvalue weighted by atomic mass is 9.99. The van der Waals surface area contributed by atoms with Gasteiger partial charge in [0.2, 0.25) is 5.78 Å². The number of benzene rings is 3. The average Bonchev–Trinajstić information content (AvgIpc) is 2.72. The zero-order valence-electron chi connectivity index (χ0n) is 15.4. The number of aryl methyl sites for hydroxylation is 1. The summed E-state index contributed by atoms with van der Waals surface area (Å²) >= 11 is 3.08. The van der Waals surface area contributed by atoms with Crippen molar-refractivity contribution >= 4 is 33.4 Å². The van der Waals surface area contributed by atoms with Crippen LogP contribution in [0.5, 0.6) is 0 Å². The van der Waals surface area contributed by atoms with Crippen LogP contribution in [0.3, 0.4) is 0 Å². The molecule has 0 N–H and O–H groups in total. The lowest BCUT2D eigenvalue weighted by Crippen LogP contribution is -2.20. The van der Waals surface area contributed by atoms with Gasteiger partial charge in [-0.3, -0.25) is 14.9 Å². The zero-order chi connectivity index (χ0) is 21.0. The number of esters is 1. The summed E-state index contributed by atoms with van der Waals surface area (Å²) in [6, 6.07) is 19.5. The molecule has 3 aromatic carbocycles. The predicted octanol–water partition coefficient (Wildman–Crippen LogP) is 5.45. The Labute approximate surface area is 175 Å². The summed E-state index contributed by atoms with van der Waals surface area (Å²) in [5.74, 6) is -1.20. The standard InChI is InChI=1S/C22H16BrNO5/c1-14-7-9-15(10-8-14)20(25)21(16-5-3-2-4-6-16)29-22(26)17-11-12-18(23)19(13-17)24(27)28/h2-13,21H,1H3/t21-/m1/s1. The fourth-order valence-electron chi connectivity index (χ4n) is 2.72. The summed E-state index contributed by atoms with van der Waals surface area (Å²) in [5.41, 5.74) is 1.63. The third-order valence-corrected chi connectivity index (χ3v) is 4.95. The minimum atomic E-state index is -1.17. The number of nitro groups is 1. The molecule has 1 atom stereocenters. The first-order chi connectivity index (χ1) is 13.9. The third kappa shape index (κ3) is 4.75. The van der Waals surface area contributed by atoms with Crippen molar-refractivity contribution in [1.29, 1.82) is 0 Å². The normalized spacial score (nSPS) is 11.5. The van der Waals surface area contributed by atoms with Gasteiger partial charge in [0.1, 0.15) is 0 Å². The van der Waals surface area contributed by atoms with Gasteiger partial charge in [-0.15, -0.1) is 0 Å². The molecule has 3 aromatic rings. The first-order valence-corrected chi connectivity index (χ1v) is 9.47. The molecule has 0 heterocycles. The minimum absolute atomic E-state index is 0.0162. The van der Waals surface area contributed by atoms with E-state index in [2.05, 4.69) is 15.9 Å². The van der Waals surface area contributed by atoms with Gasteiger partial charge in [0.15, 0.2) is 6.10 Å². The number of hydrogen-bond acceptors (Lipinski definition) is 5. The molecule has 0 unspecified atom stereocenters. The van der Waals surface area contributed by atoms with Crippen LogP contribution >= 0.6 is 15.9 Å². The molecule has 0 aliphatic heterocycles. The number of hydrogen-bond donors (Lipinski definition) is 0. The Balaban J connectivity index is 1.94. The highest BCUT2D eigenvalue weighted by molar-refractivity contribution is 9.10. The molecule has 0 saturated carbocycles. The molecule has 146 valence electrons. The smallest absolute Gasteiger partial charge is 0.339 e. The Hall–Kier alpha value is -3.32. The molecule has 0 amide bonds. The topological polar surface area (TPSA) is 86.5 Å². The summed E-state index contributed by atoms with van der Waals surface area (Å²) in [5, 5.41) is 11.1. The van der Waals surface area contributed by atoms with Crippen LogP contribution in [0.25, 0.3) is 0 Å². The number of nitrogens with zero attached hydrogens (tertiary/aromatic N) is 1. The van der Waals surface area contributed by atoms with E-state index in [0.717, 1.165) is 11.6 Å². The number of halogens is 1. The minimum Gasteiger partial charge on any atom is -0.445 e. The van der Waals surface area contributed by atoms with Crippen molar-refractivity contribution in [2.75, 3.05) is 0 Å². The Morgan fingerprint density at radius 1 is 0.966 bits per heavy atom. The molecular formula is C22H16BrNO5. The lowest BCUT2D eigenvalue weighted by molar-refractivity contribution is -0.385. The molecule has 7 heteroatoms. The van der Waals surface area contributed by atoms with Gasteiger partial charge in [-0.2, -0.15) is 0 Å². The van der Waals surface area contributed by atoms with E-state index in [1.54, 1.807) is 54.6 Å². The van der Waals surface area contributed by atoms with E-state index >= 15 is 0 Å². The first kappa shape index (κ1) is 20.4. The highest BCUT2D eigenvalue weighted by atomic mass is 79.9. The average molecular weight is 454 g/mol. The van der Waals surface area contributed by atoms with Gasteiger partial charge in [0.05, 0.1) is 15.0 Å². The first-order valence-electron chi connectivity index (χ1n) is 8.67. The Morgan fingerprint density at radius 3 is 2.21 bits per heavy atom. The SMILES string of the molecule is Cc1ccc(C(=O)[C@H](OC(=O)c2ccc(Br)c([N+](=O)[O-])c2)c2ccccc2)cc1. The van der Waals surface area contributed by atoms with Crippen LogP contribution in [0.2, 0.25) is 0 Å². The van der Waals surface area contributed by atoms with Crippen molar-refractivity contribution < 1.29 is 19.2 Å². The summed E-state index contributed by atoms with van der Waals surface area (Å²) in [4.78, 5) is 36.3. The van der Waals surface area contributed by atoms with Gasteiger partial charge < -0.3 is 4.74 Å². The predicted molar refractivity (Wildman–Crippen MR) is 111 cm³/mol. The second-order valence-corrected chi connectivity index (χ2v) is 7.20. The van der Waals surface area contributed by atoms with E-state index in [-0.39, 0.29) is 21.5 Å². The van der Waals surface area contributed by atoms with Gasteiger partial charge in [-0.05, 0) is 35.0 Å². The van der Waals surface area contributed by atoms with E-state index in [1.165, 1.54) is 12.1 Å². The molecule has 29 heavy (non-hydrogen) atoms. The highest BCUT2D eigenvalue weighted by Crippen LogP contribution is 2.28. The Kier molecular flexibility index (Phi) is 6.19. The summed E-state index contributed by atoms with van der Waals surface area (Å²) in [6.45, 7) is 1.91. The molecule has 0 saturated heterocycles.